The van der Waals surface area contributed by atoms with Gasteiger partial charge in [-0.15, -0.1) is 0 Å². The third kappa shape index (κ3) is 3.79. The van der Waals surface area contributed by atoms with Crippen molar-refractivity contribution in [2.24, 2.45) is 0 Å². The molecule has 8 heteroatoms. The summed E-state index contributed by atoms with van der Waals surface area (Å²) >= 11 is 0. The van der Waals surface area contributed by atoms with E-state index in [1.807, 2.05) is 0 Å². The van der Waals surface area contributed by atoms with Gasteiger partial charge in [0.05, 0.1) is 13.2 Å². The quantitative estimate of drug-likeness (QED) is 0.710. The summed E-state index contributed by atoms with van der Waals surface area (Å²) in [7, 11) is 1.16. The van der Waals surface area contributed by atoms with Crippen LogP contribution in [0, 0.1) is 0 Å². The number of aliphatic hydroxyl groups excluding tert-OH is 1. The van der Waals surface area contributed by atoms with Crippen molar-refractivity contribution in [2.75, 3.05) is 20.3 Å². The van der Waals surface area contributed by atoms with E-state index in [0.29, 0.717) is 30.3 Å². The van der Waals surface area contributed by atoms with Gasteiger partial charge in [-0.05, 0) is 24.1 Å². The second kappa shape index (κ2) is 6.99. The number of hydrogen-bond donors (Lipinski definition) is 3. The van der Waals surface area contributed by atoms with Crippen molar-refractivity contribution in [3.8, 4) is 11.5 Å². The van der Waals surface area contributed by atoms with Crippen LogP contribution in [-0.4, -0.2) is 54.7 Å². The average molecular weight is 311 g/mol. The first kappa shape index (κ1) is 15.9. The molecule has 0 aromatic heterocycles. The summed E-state index contributed by atoms with van der Waals surface area (Å²) in [6.45, 7) is 0.897. The Kier molecular flexibility index (Phi) is 5.05. The normalized spacial score (nSPS) is 15.5. The van der Waals surface area contributed by atoms with Crippen LogP contribution in [0.3, 0.4) is 0 Å². The minimum Gasteiger partial charge on any atom is -0.486 e. The highest BCUT2D eigenvalue weighted by Crippen LogP contribution is 2.31. The highest BCUT2D eigenvalue weighted by molar-refractivity contribution is 5.75. The number of nitrogens with one attached hydrogen (secondary N) is 1. The minimum atomic E-state index is -1.76. The molecule has 8 nitrogen and oxygen atoms in total. The fraction of sp³-hybridized carbons (Fsp3) is 0.429. The molecule has 120 valence electrons. The van der Waals surface area contributed by atoms with E-state index in [9.17, 15) is 14.7 Å². The lowest BCUT2D eigenvalue weighted by atomic mass is 10.0. The Labute approximate surface area is 126 Å². The molecule has 0 saturated heterocycles. The van der Waals surface area contributed by atoms with Gasteiger partial charge in [-0.3, -0.25) is 0 Å². The molecule has 0 spiro atoms. The van der Waals surface area contributed by atoms with E-state index in [4.69, 9.17) is 14.6 Å². The largest absolute Gasteiger partial charge is 0.486 e. The van der Waals surface area contributed by atoms with Crippen molar-refractivity contribution in [2.45, 2.75) is 18.6 Å². The molecule has 2 unspecified atom stereocenters. The van der Waals surface area contributed by atoms with Gasteiger partial charge in [0.1, 0.15) is 13.2 Å². The summed E-state index contributed by atoms with van der Waals surface area (Å²) < 4.78 is 15.3. The van der Waals surface area contributed by atoms with Crippen LogP contribution in [-0.2, 0) is 16.0 Å². The summed E-state index contributed by atoms with van der Waals surface area (Å²) in [6, 6.07) is 4.07. The zero-order valence-corrected chi connectivity index (χ0v) is 11.9. The van der Waals surface area contributed by atoms with Gasteiger partial charge in [-0.2, -0.15) is 0 Å². The van der Waals surface area contributed by atoms with Crippen LogP contribution in [0.4, 0.5) is 4.79 Å². The van der Waals surface area contributed by atoms with Gasteiger partial charge < -0.3 is 29.7 Å². The first-order chi connectivity index (χ1) is 10.5. The highest BCUT2D eigenvalue weighted by atomic mass is 16.6. The first-order valence-electron chi connectivity index (χ1n) is 6.65. The molecule has 1 aliphatic heterocycles. The number of alkyl carbamates (subject to hydrolysis) is 1. The summed E-state index contributed by atoms with van der Waals surface area (Å²) in [6.07, 6.45) is -2.48. The van der Waals surface area contributed by atoms with Crippen LogP contribution in [0.2, 0.25) is 0 Å². The van der Waals surface area contributed by atoms with Crippen molar-refractivity contribution in [3.63, 3.8) is 0 Å². The number of methoxy groups -OCH3 is 1. The number of benzene rings is 1. The standard InChI is InChI=1S/C14H17NO7/c1-20-14(19)15-9(12(16)13(17)18)6-8-2-3-10-11(7-8)22-5-4-21-10/h2-3,7,9,12,16H,4-6H2,1H3,(H,15,19)(H,17,18). The Morgan fingerprint density at radius 2 is 2.00 bits per heavy atom. The number of carbonyl (C=O) groups is 2. The predicted molar refractivity (Wildman–Crippen MR) is 74.1 cm³/mol. The van der Waals surface area contributed by atoms with Crippen molar-refractivity contribution < 1.29 is 34.0 Å². The number of carbonyl (C=O) groups excluding carboxylic acids is 1. The zero-order valence-electron chi connectivity index (χ0n) is 11.9. The molecule has 0 saturated carbocycles. The number of carboxylic acid groups (broad SMARTS) is 1. The maximum Gasteiger partial charge on any atom is 0.407 e. The number of ether oxygens (including phenoxy) is 3. The highest BCUT2D eigenvalue weighted by Gasteiger charge is 2.28. The molecule has 22 heavy (non-hydrogen) atoms. The van der Waals surface area contributed by atoms with E-state index in [1.54, 1.807) is 18.2 Å². The van der Waals surface area contributed by atoms with E-state index >= 15 is 0 Å². The van der Waals surface area contributed by atoms with Crippen LogP contribution in [0.15, 0.2) is 18.2 Å². The molecule has 3 N–H and O–H groups in total. The molecular formula is C14H17NO7. The van der Waals surface area contributed by atoms with Gasteiger partial charge in [-0.1, -0.05) is 6.07 Å². The third-order valence-electron chi connectivity index (χ3n) is 3.18. The van der Waals surface area contributed by atoms with Gasteiger partial charge in [0.15, 0.2) is 17.6 Å². The van der Waals surface area contributed by atoms with Gasteiger partial charge in [-0.25, -0.2) is 9.59 Å². The Morgan fingerprint density at radius 1 is 1.32 bits per heavy atom. The molecule has 0 bridgehead atoms. The van der Waals surface area contributed by atoms with Gasteiger partial charge >= 0.3 is 12.1 Å². The van der Waals surface area contributed by atoms with Crippen LogP contribution in [0.1, 0.15) is 5.56 Å². The van der Waals surface area contributed by atoms with E-state index < -0.39 is 24.2 Å². The van der Waals surface area contributed by atoms with E-state index in [2.05, 4.69) is 10.1 Å². The van der Waals surface area contributed by atoms with Crippen molar-refractivity contribution in [1.82, 2.24) is 5.32 Å². The molecule has 0 radical (unpaired) electrons. The van der Waals surface area contributed by atoms with Crippen LogP contribution in [0.5, 0.6) is 11.5 Å². The van der Waals surface area contributed by atoms with Crippen molar-refractivity contribution in [1.29, 1.82) is 0 Å². The molecular weight excluding hydrogens is 294 g/mol. The predicted octanol–water partition coefficient (Wildman–Crippen LogP) is 0.170. The van der Waals surface area contributed by atoms with Gasteiger partial charge in [0.25, 0.3) is 0 Å². The summed E-state index contributed by atoms with van der Waals surface area (Å²) in [5.74, 6) is -0.282. The fourth-order valence-corrected chi connectivity index (χ4v) is 2.09. The van der Waals surface area contributed by atoms with Crippen molar-refractivity contribution in [3.05, 3.63) is 23.8 Å². The summed E-state index contributed by atoms with van der Waals surface area (Å²) in [4.78, 5) is 22.2. The maximum absolute atomic E-state index is 11.3. The van der Waals surface area contributed by atoms with E-state index in [-0.39, 0.29) is 6.42 Å². The Hall–Kier alpha value is -2.48. The lowest BCUT2D eigenvalue weighted by Crippen LogP contribution is -2.48. The third-order valence-corrected chi connectivity index (χ3v) is 3.18. The number of aliphatic hydroxyl groups is 1. The topological polar surface area (TPSA) is 114 Å². The monoisotopic (exact) mass is 311 g/mol. The second-order valence-electron chi connectivity index (χ2n) is 4.71. The fourth-order valence-electron chi connectivity index (χ4n) is 2.09. The second-order valence-corrected chi connectivity index (χ2v) is 4.71. The molecule has 1 aliphatic rings. The Bertz CT molecular complexity index is 560. The smallest absolute Gasteiger partial charge is 0.407 e. The van der Waals surface area contributed by atoms with Crippen LogP contribution in [0.25, 0.3) is 0 Å². The number of carboxylic acids is 1. The number of rotatable bonds is 5. The molecule has 1 aromatic rings. The molecule has 0 fully saturated rings. The molecule has 1 heterocycles. The molecule has 2 atom stereocenters. The van der Waals surface area contributed by atoms with Crippen molar-refractivity contribution >= 4 is 12.1 Å². The molecule has 1 amide bonds. The van der Waals surface area contributed by atoms with Crippen LogP contribution < -0.4 is 14.8 Å². The number of aliphatic carboxylic acids is 1. The van der Waals surface area contributed by atoms with Gasteiger partial charge in [0.2, 0.25) is 0 Å². The number of amides is 1. The number of hydrogen-bond acceptors (Lipinski definition) is 6. The lowest BCUT2D eigenvalue weighted by Gasteiger charge is -2.22. The van der Waals surface area contributed by atoms with E-state index in [1.165, 1.54) is 0 Å². The number of fused-ring (bicyclic) bond motifs is 1. The SMILES string of the molecule is COC(=O)NC(Cc1ccc2c(c1)OCCO2)C(O)C(=O)O. The average Bonchev–Trinajstić information content (AvgIpc) is 2.53. The summed E-state index contributed by atoms with van der Waals surface area (Å²) in [5.41, 5.74) is 0.686. The zero-order chi connectivity index (χ0) is 16.1. The van der Waals surface area contributed by atoms with Crippen LogP contribution >= 0.6 is 0 Å². The molecule has 0 aliphatic carbocycles. The maximum atomic E-state index is 11.3. The molecule has 2 rings (SSSR count). The summed E-state index contributed by atoms with van der Waals surface area (Å²) in [5, 5.41) is 20.9. The molecule has 1 aromatic carbocycles. The minimum absolute atomic E-state index is 0.0964. The van der Waals surface area contributed by atoms with E-state index in [0.717, 1.165) is 7.11 Å². The Balaban J connectivity index is 2.15. The lowest BCUT2D eigenvalue weighted by molar-refractivity contribution is -0.148. The first-order valence-corrected chi connectivity index (χ1v) is 6.65. The van der Waals surface area contributed by atoms with Gasteiger partial charge in [0, 0.05) is 0 Å². The Morgan fingerprint density at radius 3 is 2.64 bits per heavy atom.